The normalized spacial score (nSPS) is 40.0. The molecule has 2 atom stereocenters. The third-order valence-corrected chi connectivity index (χ3v) is 5.07. The van der Waals surface area contributed by atoms with Crippen LogP contribution in [0.2, 0.25) is 0 Å². The Bertz CT molecular complexity index is 287. The van der Waals surface area contributed by atoms with Crippen molar-refractivity contribution < 1.29 is 9.90 Å². The van der Waals surface area contributed by atoms with Crippen LogP contribution in [0.5, 0.6) is 0 Å². The first kappa shape index (κ1) is 14.8. The minimum atomic E-state index is -0.596. The lowest BCUT2D eigenvalue weighted by Crippen LogP contribution is -2.39. The van der Waals surface area contributed by atoms with E-state index >= 15 is 0 Å². The predicted molar refractivity (Wildman–Crippen MR) is 77.1 cm³/mol. The zero-order chi connectivity index (χ0) is 13.8. The summed E-state index contributed by atoms with van der Waals surface area (Å²) < 4.78 is 0. The largest absolute Gasteiger partial charge is 0.481 e. The fourth-order valence-corrected chi connectivity index (χ4v) is 4.06. The molecule has 2 unspecified atom stereocenters. The quantitative estimate of drug-likeness (QED) is 0.821. The van der Waals surface area contributed by atoms with Gasteiger partial charge < -0.3 is 10.4 Å². The first-order valence-corrected chi connectivity index (χ1v) is 8.00. The first-order valence-electron chi connectivity index (χ1n) is 8.00. The molecule has 2 aliphatic rings. The highest BCUT2D eigenvalue weighted by Gasteiger charge is 2.27. The second-order valence-corrected chi connectivity index (χ2v) is 7.08. The lowest BCUT2D eigenvalue weighted by Gasteiger charge is -2.34. The molecule has 0 amide bonds. The number of carboxylic acids is 1. The third kappa shape index (κ3) is 4.48. The number of carbonyl (C=O) groups is 1. The number of carboxylic acid groups (broad SMARTS) is 1. The first-order chi connectivity index (χ1) is 9.04. The zero-order valence-corrected chi connectivity index (χ0v) is 12.4. The van der Waals surface area contributed by atoms with E-state index in [-0.39, 0.29) is 5.92 Å². The molecule has 0 spiro atoms. The van der Waals surface area contributed by atoms with E-state index in [4.69, 9.17) is 5.11 Å². The molecule has 2 saturated carbocycles. The van der Waals surface area contributed by atoms with Gasteiger partial charge in [-0.25, -0.2) is 0 Å². The summed E-state index contributed by atoms with van der Waals surface area (Å²) in [6.45, 7) is 5.82. The predicted octanol–water partition coefficient (Wildman–Crippen LogP) is 3.29. The summed E-state index contributed by atoms with van der Waals surface area (Å²) in [5.74, 6) is 1.73. The van der Waals surface area contributed by atoms with Crippen LogP contribution in [0, 0.1) is 23.7 Å². The Morgan fingerprint density at radius 1 is 1.05 bits per heavy atom. The Morgan fingerprint density at radius 3 is 2.16 bits per heavy atom. The summed E-state index contributed by atoms with van der Waals surface area (Å²) in [6, 6.07) is 0.691. The molecule has 0 aliphatic heterocycles. The smallest absolute Gasteiger partial charge is 0.306 e. The molecule has 2 rings (SSSR count). The van der Waals surface area contributed by atoms with Crippen molar-refractivity contribution in [2.45, 2.75) is 64.8 Å². The van der Waals surface area contributed by atoms with Gasteiger partial charge in [0.15, 0.2) is 0 Å². The molecule has 110 valence electrons. The van der Waals surface area contributed by atoms with Crippen LogP contribution in [0.25, 0.3) is 0 Å². The van der Waals surface area contributed by atoms with Crippen LogP contribution in [-0.4, -0.2) is 23.7 Å². The van der Waals surface area contributed by atoms with Crippen LogP contribution in [0.1, 0.15) is 58.8 Å². The molecular formula is C16H29NO2. The van der Waals surface area contributed by atoms with Gasteiger partial charge in [-0.05, 0) is 69.2 Å². The summed E-state index contributed by atoms with van der Waals surface area (Å²) >= 11 is 0. The maximum atomic E-state index is 10.9. The fourth-order valence-electron chi connectivity index (χ4n) is 4.06. The van der Waals surface area contributed by atoms with Crippen molar-refractivity contribution in [1.82, 2.24) is 5.32 Å². The number of rotatable bonds is 4. The lowest BCUT2D eigenvalue weighted by atomic mass is 9.79. The minimum absolute atomic E-state index is 0.0778. The van der Waals surface area contributed by atoms with Crippen LogP contribution >= 0.6 is 0 Å². The molecule has 0 aromatic heterocycles. The zero-order valence-electron chi connectivity index (χ0n) is 12.4. The van der Waals surface area contributed by atoms with Crippen LogP contribution in [0.15, 0.2) is 0 Å². The highest BCUT2D eigenvalue weighted by Crippen LogP contribution is 2.31. The van der Waals surface area contributed by atoms with Gasteiger partial charge in [-0.1, -0.05) is 13.8 Å². The van der Waals surface area contributed by atoms with Gasteiger partial charge in [-0.2, -0.15) is 0 Å². The Morgan fingerprint density at radius 2 is 1.63 bits per heavy atom. The minimum Gasteiger partial charge on any atom is -0.481 e. The Kier molecular flexibility index (Phi) is 5.26. The molecule has 0 heterocycles. The molecule has 0 aromatic rings. The lowest BCUT2D eigenvalue weighted by molar-refractivity contribution is -0.143. The van der Waals surface area contributed by atoms with Gasteiger partial charge in [0, 0.05) is 6.04 Å². The van der Waals surface area contributed by atoms with Gasteiger partial charge in [0.2, 0.25) is 0 Å². The van der Waals surface area contributed by atoms with Gasteiger partial charge in [-0.15, -0.1) is 0 Å². The summed E-state index contributed by atoms with van der Waals surface area (Å²) in [7, 11) is 0. The van der Waals surface area contributed by atoms with Crippen molar-refractivity contribution >= 4 is 5.97 Å². The second kappa shape index (κ2) is 6.74. The number of nitrogens with one attached hydrogen (secondary N) is 1. The second-order valence-electron chi connectivity index (χ2n) is 7.08. The molecular weight excluding hydrogens is 238 g/mol. The van der Waals surface area contributed by atoms with Gasteiger partial charge in [0.05, 0.1) is 5.92 Å². The molecule has 0 saturated heterocycles. The molecule has 2 N–H and O–H groups in total. The highest BCUT2D eigenvalue weighted by atomic mass is 16.4. The van der Waals surface area contributed by atoms with E-state index < -0.39 is 5.97 Å². The van der Waals surface area contributed by atoms with Crippen molar-refractivity contribution in [3.63, 3.8) is 0 Å². The molecule has 2 fully saturated rings. The van der Waals surface area contributed by atoms with E-state index in [0.29, 0.717) is 12.0 Å². The average Bonchev–Trinajstić information content (AvgIpc) is 2.36. The molecule has 2 aliphatic carbocycles. The standard InChI is InChI=1S/C16H29NO2/c1-11-7-12(2)9-15(8-11)17-10-13-3-5-14(6-4-13)16(18)19/h11-15,17H,3-10H2,1-2H3,(H,18,19). The van der Waals surface area contributed by atoms with E-state index in [1.54, 1.807) is 0 Å². The van der Waals surface area contributed by atoms with Crippen LogP contribution < -0.4 is 5.32 Å². The van der Waals surface area contributed by atoms with E-state index in [1.807, 2.05) is 0 Å². The Balaban J connectivity index is 1.67. The molecule has 0 aromatic carbocycles. The molecule has 3 heteroatoms. The van der Waals surface area contributed by atoms with Gasteiger partial charge in [-0.3, -0.25) is 4.79 Å². The average molecular weight is 267 g/mol. The summed E-state index contributed by atoms with van der Waals surface area (Å²) in [5, 5.41) is 12.7. The van der Waals surface area contributed by atoms with Crippen LogP contribution in [-0.2, 0) is 4.79 Å². The van der Waals surface area contributed by atoms with Crippen molar-refractivity contribution in [2.24, 2.45) is 23.7 Å². The van der Waals surface area contributed by atoms with Gasteiger partial charge in [0.25, 0.3) is 0 Å². The Hall–Kier alpha value is -0.570. The maximum Gasteiger partial charge on any atom is 0.306 e. The molecule has 0 radical (unpaired) electrons. The van der Waals surface area contributed by atoms with Crippen LogP contribution in [0.4, 0.5) is 0 Å². The van der Waals surface area contributed by atoms with Crippen LogP contribution in [0.3, 0.4) is 0 Å². The third-order valence-electron chi connectivity index (χ3n) is 5.07. The summed E-state index contributed by atoms with van der Waals surface area (Å²) in [4.78, 5) is 10.9. The van der Waals surface area contributed by atoms with Crippen molar-refractivity contribution in [3.8, 4) is 0 Å². The number of hydrogen-bond donors (Lipinski definition) is 2. The SMILES string of the molecule is CC1CC(C)CC(NCC2CCC(C(=O)O)CC2)C1. The van der Waals surface area contributed by atoms with E-state index in [1.165, 1.54) is 19.3 Å². The maximum absolute atomic E-state index is 10.9. The molecule has 0 bridgehead atoms. The van der Waals surface area contributed by atoms with Crippen molar-refractivity contribution in [2.75, 3.05) is 6.54 Å². The molecule has 3 nitrogen and oxygen atoms in total. The summed E-state index contributed by atoms with van der Waals surface area (Å²) in [5.41, 5.74) is 0. The van der Waals surface area contributed by atoms with Gasteiger partial charge >= 0.3 is 5.97 Å². The van der Waals surface area contributed by atoms with Crippen molar-refractivity contribution in [1.29, 1.82) is 0 Å². The van der Waals surface area contributed by atoms with E-state index in [0.717, 1.165) is 44.1 Å². The molecule has 19 heavy (non-hydrogen) atoms. The van der Waals surface area contributed by atoms with E-state index in [9.17, 15) is 4.79 Å². The van der Waals surface area contributed by atoms with Crippen molar-refractivity contribution in [3.05, 3.63) is 0 Å². The highest BCUT2D eigenvalue weighted by molar-refractivity contribution is 5.69. The van der Waals surface area contributed by atoms with Gasteiger partial charge in [0.1, 0.15) is 0 Å². The van der Waals surface area contributed by atoms with E-state index in [2.05, 4.69) is 19.2 Å². The summed E-state index contributed by atoms with van der Waals surface area (Å²) in [6.07, 6.45) is 7.92. The monoisotopic (exact) mass is 267 g/mol. The fraction of sp³-hybridized carbons (Fsp3) is 0.938. The Labute approximate surface area is 117 Å². The number of aliphatic carboxylic acids is 1. The topological polar surface area (TPSA) is 49.3 Å². The number of hydrogen-bond acceptors (Lipinski definition) is 2.